The summed E-state index contributed by atoms with van der Waals surface area (Å²) in [5.41, 5.74) is 0.534. The van der Waals surface area contributed by atoms with Crippen LogP contribution in [0.5, 0.6) is 0 Å². The van der Waals surface area contributed by atoms with Crippen LogP contribution in [0.1, 0.15) is 19.8 Å². The van der Waals surface area contributed by atoms with Gasteiger partial charge in [0.1, 0.15) is 5.88 Å². The van der Waals surface area contributed by atoms with Gasteiger partial charge < -0.3 is 5.32 Å². The normalized spacial score (nSPS) is 20.2. The number of carbonyl (C=O) groups excluding carboxylic acids is 1. The predicted molar refractivity (Wildman–Crippen MR) is 82.9 cm³/mol. The van der Waals surface area contributed by atoms with Gasteiger partial charge in [-0.05, 0) is 43.0 Å². The second-order valence-electron chi connectivity index (χ2n) is 5.32. The highest BCUT2D eigenvalue weighted by atomic mass is 35.5. The standard InChI is InChI=1S/C14H19ClN2O3S/c1-11-3-2-8-17(10-11)21(19,20)13-6-4-12(5-7-13)16-14(18)9-15/h4-7,11H,2-3,8-10H2,1H3,(H,16,18)/t11-/m1/s1. The number of carbonyl (C=O) groups is 1. The van der Waals surface area contributed by atoms with Crippen molar-refractivity contribution in [2.24, 2.45) is 5.92 Å². The van der Waals surface area contributed by atoms with Gasteiger partial charge in [0.05, 0.1) is 4.90 Å². The summed E-state index contributed by atoms with van der Waals surface area (Å²) < 4.78 is 26.6. The van der Waals surface area contributed by atoms with Crippen LogP contribution in [0.3, 0.4) is 0 Å². The van der Waals surface area contributed by atoms with Gasteiger partial charge in [-0.3, -0.25) is 4.79 Å². The Bertz CT molecular complexity index is 601. The van der Waals surface area contributed by atoms with E-state index in [2.05, 4.69) is 12.2 Å². The van der Waals surface area contributed by atoms with Gasteiger partial charge in [0.2, 0.25) is 15.9 Å². The minimum atomic E-state index is -3.45. The van der Waals surface area contributed by atoms with Crippen LogP contribution in [0.15, 0.2) is 29.2 Å². The van der Waals surface area contributed by atoms with E-state index in [0.717, 1.165) is 12.8 Å². The molecule has 1 aromatic carbocycles. The Balaban J connectivity index is 2.15. The summed E-state index contributed by atoms with van der Waals surface area (Å²) >= 11 is 5.41. The number of rotatable bonds is 4. The zero-order chi connectivity index (χ0) is 15.5. The van der Waals surface area contributed by atoms with E-state index < -0.39 is 10.0 Å². The molecule has 7 heteroatoms. The quantitative estimate of drug-likeness (QED) is 0.861. The average Bonchev–Trinajstić information content (AvgIpc) is 2.47. The molecule has 116 valence electrons. The lowest BCUT2D eigenvalue weighted by Gasteiger charge is -2.30. The van der Waals surface area contributed by atoms with Crippen LogP contribution in [0.4, 0.5) is 5.69 Å². The molecule has 1 N–H and O–H groups in total. The largest absolute Gasteiger partial charge is 0.325 e. The van der Waals surface area contributed by atoms with Crippen molar-refractivity contribution in [1.82, 2.24) is 4.31 Å². The summed E-state index contributed by atoms with van der Waals surface area (Å²) in [5, 5.41) is 2.58. The zero-order valence-electron chi connectivity index (χ0n) is 11.9. The highest BCUT2D eigenvalue weighted by molar-refractivity contribution is 7.89. The average molecular weight is 331 g/mol. The lowest BCUT2D eigenvalue weighted by Crippen LogP contribution is -2.39. The number of halogens is 1. The fourth-order valence-electron chi connectivity index (χ4n) is 2.42. The lowest BCUT2D eigenvalue weighted by atomic mass is 10.0. The minimum absolute atomic E-state index is 0.133. The third-order valence-electron chi connectivity index (χ3n) is 3.52. The van der Waals surface area contributed by atoms with Crippen LogP contribution in [-0.2, 0) is 14.8 Å². The third kappa shape index (κ3) is 3.96. The SMILES string of the molecule is C[C@@H]1CCCN(S(=O)(=O)c2ccc(NC(=O)CCl)cc2)C1. The number of nitrogens with zero attached hydrogens (tertiary/aromatic N) is 1. The molecule has 1 heterocycles. The number of hydrogen-bond acceptors (Lipinski definition) is 3. The summed E-state index contributed by atoms with van der Waals surface area (Å²) in [6, 6.07) is 6.17. The van der Waals surface area contributed by atoms with Crippen molar-refractivity contribution in [2.75, 3.05) is 24.3 Å². The summed E-state index contributed by atoms with van der Waals surface area (Å²) in [6.45, 7) is 3.19. The Morgan fingerprint density at radius 3 is 2.62 bits per heavy atom. The summed E-state index contributed by atoms with van der Waals surface area (Å²) in [6.07, 6.45) is 1.96. The Morgan fingerprint density at radius 1 is 1.38 bits per heavy atom. The van der Waals surface area contributed by atoms with Gasteiger partial charge in [-0.1, -0.05) is 6.92 Å². The van der Waals surface area contributed by atoms with E-state index in [0.29, 0.717) is 24.7 Å². The molecule has 1 aromatic rings. The second-order valence-corrected chi connectivity index (χ2v) is 7.52. The first kappa shape index (κ1) is 16.3. The van der Waals surface area contributed by atoms with Crippen LogP contribution >= 0.6 is 11.6 Å². The molecule has 1 atom stereocenters. The van der Waals surface area contributed by atoms with Gasteiger partial charge in [-0.15, -0.1) is 11.6 Å². The molecule has 0 aliphatic carbocycles. The molecule has 2 rings (SSSR count). The fraction of sp³-hybridized carbons (Fsp3) is 0.500. The molecule has 1 saturated heterocycles. The number of nitrogens with one attached hydrogen (secondary N) is 1. The lowest BCUT2D eigenvalue weighted by molar-refractivity contribution is -0.113. The van der Waals surface area contributed by atoms with Gasteiger partial charge in [0.15, 0.2) is 0 Å². The summed E-state index contributed by atoms with van der Waals surface area (Å²) in [7, 11) is -3.45. The Hall–Kier alpha value is -1.11. The van der Waals surface area contributed by atoms with E-state index >= 15 is 0 Å². The van der Waals surface area contributed by atoms with Crippen molar-refractivity contribution < 1.29 is 13.2 Å². The van der Waals surface area contributed by atoms with Crippen LogP contribution in [0.25, 0.3) is 0 Å². The number of anilines is 1. The van der Waals surface area contributed by atoms with Gasteiger partial charge in [-0.25, -0.2) is 8.42 Å². The van der Waals surface area contributed by atoms with Crippen LogP contribution < -0.4 is 5.32 Å². The molecule has 0 spiro atoms. The molecule has 1 aliphatic heterocycles. The molecule has 5 nitrogen and oxygen atoms in total. The Labute approximate surface area is 130 Å². The number of benzene rings is 1. The third-order valence-corrected chi connectivity index (χ3v) is 5.64. The van der Waals surface area contributed by atoms with E-state index in [1.807, 2.05) is 0 Å². The van der Waals surface area contributed by atoms with Crippen molar-refractivity contribution in [3.8, 4) is 0 Å². The van der Waals surface area contributed by atoms with Gasteiger partial charge in [0.25, 0.3) is 0 Å². The van der Waals surface area contributed by atoms with Gasteiger partial charge in [-0.2, -0.15) is 4.31 Å². The molecule has 0 unspecified atom stereocenters. The molecule has 0 radical (unpaired) electrons. The van der Waals surface area contributed by atoms with E-state index in [9.17, 15) is 13.2 Å². The van der Waals surface area contributed by atoms with Crippen LogP contribution in [-0.4, -0.2) is 37.6 Å². The molecule has 0 saturated carbocycles. The monoisotopic (exact) mass is 330 g/mol. The molecule has 1 amide bonds. The first-order valence-electron chi connectivity index (χ1n) is 6.89. The van der Waals surface area contributed by atoms with Crippen molar-refractivity contribution in [1.29, 1.82) is 0 Å². The molecular formula is C14H19ClN2O3S. The molecule has 21 heavy (non-hydrogen) atoms. The molecule has 1 aliphatic rings. The highest BCUT2D eigenvalue weighted by Crippen LogP contribution is 2.24. The Kier molecular flexibility index (Phi) is 5.24. The van der Waals surface area contributed by atoms with Gasteiger partial charge in [0, 0.05) is 18.8 Å². The first-order chi connectivity index (χ1) is 9.93. The minimum Gasteiger partial charge on any atom is -0.325 e. The molecular weight excluding hydrogens is 312 g/mol. The zero-order valence-corrected chi connectivity index (χ0v) is 13.5. The van der Waals surface area contributed by atoms with E-state index in [4.69, 9.17) is 11.6 Å². The summed E-state index contributed by atoms with van der Waals surface area (Å²) in [4.78, 5) is 11.4. The first-order valence-corrected chi connectivity index (χ1v) is 8.87. The maximum Gasteiger partial charge on any atom is 0.243 e. The topological polar surface area (TPSA) is 66.5 Å². The number of alkyl halides is 1. The fourth-order valence-corrected chi connectivity index (χ4v) is 4.08. The maximum absolute atomic E-state index is 12.5. The van der Waals surface area contributed by atoms with Crippen molar-refractivity contribution in [2.45, 2.75) is 24.7 Å². The van der Waals surface area contributed by atoms with Crippen molar-refractivity contribution in [3.63, 3.8) is 0 Å². The molecule has 1 fully saturated rings. The van der Waals surface area contributed by atoms with E-state index in [1.54, 1.807) is 12.1 Å². The van der Waals surface area contributed by atoms with E-state index in [1.165, 1.54) is 16.4 Å². The molecule has 0 aromatic heterocycles. The maximum atomic E-state index is 12.5. The Morgan fingerprint density at radius 2 is 2.05 bits per heavy atom. The van der Waals surface area contributed by atoms with Crippen molar-refractivity contribution >= 4 is 33.2 Å². The predicted octanol–water partition coefficient (Wildman–Crippen LogP) is 2.28. The second kappa shape index (κ2) is 6.77. The van der Waals surface area contributed by atoms with Crippen LogP contribution in [0.2, 0.25) is 0 Å². The smallest absolute Gasteiger partial charge is 0.243 e. The molecule has 0 bridgehead atoms. The van der Waals surface area contributed by atoms with Crippen molar-refractivity contribution in [3.05, 3.63) is 24.3 Å². The number of piperidine rings is 1. The highest BCUT2D eigenvalue weighted by Gasteiger charge is 2.28. The van der Waals surface area contributed by atoms with E-state index in [-0.39, 0.29) is 16.7 Å². The number of sulfonamides is 1. The van der Waals surface area contributed by atoms with Gasteiger partial charge >= 0.3 is 0 Å². The number of amides is 1. The summed E-state index contributed by atoms with van der Waals surface area (Å²) in [5.74, 6) is -0.0703. The number of hydrogen-bond donors (Lipinski definition) is 1. The van der Waals surface area contributed by atoms with Crippen LogP contribution in [0, 0.1) is 5.92 Å².